The molecule has 1 aromatic carbocycles. The number of carbonyl (C=O) groups is 1. The molecular weight excluding hydrogens is 275 g/mol. The Morgan fingerprint density at radius 3 is 2.50 bits per heavy atom. The summed E-state index contributed by atoms with van der Waals surface area (Å²) < 4.78 is 5.96. The van der Waals surface area contributed by atoms with E-state index in [1.807, 2.05) is 18.2 Å². The Balaban J connectivity index is 0.000000810. The van der Waals surface area contributed by atoms with E-state index < -0.39 is 5.72 Å². The zero-order valence-corrected chi connectivity index (χ0v) is 11.4. The van der Waals surface area contributed by atoms with Crippen molar-refractivity contribution >= 4 is 30.7 Å². The van der Waals surface area contributed by atoms with Crippen LogP contribution in [0.25, 0.3) is 0 Å². The van der Waals surface area contributed by atoms with E-state index in [1.165, 1.54) is 0 Å². The fraction of sp³-hybridized carbons (Fsp3) is 0.417. The molecule has 0 aliphatic carbocycles. The van der Waals surface area contributed by atoms with Crippen molar-refractivity contribution in [2.24, 2.45) is 0 Å². The Morgan fingerprint density at radius 1 is 1.11 bits per heavy atom. The van der Waals surface area contributed by atoms with Crippen LogP contribution in [-0.2, 0) is 0 Å². The van der Waals surface area contributed by atoms with Crippen LogP contribution in [-0.4, -0.2) is 24.7 Å². The van der Waals surface area contributed by atoms with Gasteiger partial charge < -0.3 is 15.4 Å². The highest BCUT2D eigenvalue weighted by Gasteiger charge is 2.40. The third-order valence-corrected chi connectivity index (χ3v) is 3.19. The number of hydrogen-bond donors (Lipinski definition) is 2. The molecule has 2 aliphatic rings. The second-order valence-corrected chi connectivity index (χ2v) is 4.30. The highest BCUT2D eigenvalue weighted by atomic mass is 35.5. The topological polar surface area (TPSA) is 50.4 Å². The SMILES string of the molecule is Cl.Cl.O=C1NC2(CCNCC2)Oc2ccccc21. The van der Waals surface area contributed by atoms with Gasteiger partial charge in [-0.05, 0) is 12.1 Å². The standard InChI is InChI=1S/C12H14N2O2.2ClH/c15-11-9-3-1-2-4-10(9)16-12(14-11)5-7-13-8-6-12;;/h1-4,13H,5-8H2,(H,14,15);2*1H. The Hall–Kier alpha value is -0.970. The van der Waals surface area contributed by atoms with Crippen LogP contribution >= 0.6 is 24.8 Å². The molecule has 0 radical (unpaired) electrons. The molecule has 6 heteroatoms. The number of para-hydroxylation sites is 1. The molecule has 1 spiro atoms. The van der Waals surface area contributed by atoms with Gasteiger partial charge in [0.15, 0.2) is 5.72 Å². The van der Waals surface area contributed by atoms with E-state index in [-0.39, 0.29) is 30.7 Å². The van der Waals surface area contributed by atoms with Gasteiger partial charge in [-0.1, -0.05) is 12.1 Å². The van der Waals surface area contributed by atoms with E-state index in [0.717, 1.165) is 25.9 Å². The second kappa shape index (κ2) is 5.78. The maximum atomic E-state index is 11.9. The molecule has 2 aliphatic heterocycles. The van der Waals surface area contributed by atoms with Crippen LogP contribution < -0.4 is 15.4 Å². The maximum absolute atomic E-state index is 11.9. The van der Waals surface area contributed by atoms with Gasteiger partial charge in [0.2, 0.25) is 0 Å². The van der Waals surface area contributed by atoms with Crippen LogP contribution in [0.5, 0.6) is 5.75 Å². The molecule has 0 aromatic heterocycles. The molecule has 0 atom stereocenters. The summed E-state index contributed by atoms with van der Waals surface area (Å²) in [6.45, 7) is 1.75. The number of hydrogen-bond acceptors (Lipinski definition) is 3. The minimum absolute atomic E-state index is 0. The minimum atomic E-state index is -0.489. The first kappa shape index (κ1) is 15.1. The van der Waals surface area contributed by atoms with E-state index in [9.17, 15) is 4.79 Å². The number of fused-ring (bicyclic) bond motifs is 1. The predicted octanol–water partition coefficient (Wildman–Crippen LogP) is 1.73. The van der Waals surface area contributed by atoms with Crippen molar-refractivity contribution in [2.45, 2.75) is 18.6 Å². The molecule has 0 unspecified atom stereocenters. The third kappa shape index (κ3) is 2.55. The molecule has 18 heavy (non-hydrogen) atoms. The summed E-state index contributed by atoms with van der Waals surface area (Å²) in [5, 5.41) is 6.25. The summed E-state index contributed by atoms with van der Waals surface area (Å²) in [6.07, 6.45) is 1.63. The van der Waals surface area contributed by atoms with Gasteiger partial charge in [-0.2, -0.15) is 0 Å². The number of nitrogens with one attached hydrogen (secondary N) is 2. The molecule has 0 bridgehead atoms. The van der Waals surface area contributed by atoms with Crippen molar-refractivity contribution in [1.82, 2.24) is 10.6 Å². The van der Waals surface area contributed by atoms with Gasteiger partial charge in [-0.15, -0.1) is 24.8 Å². The summed E-state index contributed by atoms with van der Waals surface area (Å²) in [7, 11) is 0. The average molecular weight is 291 g/mol. The van der Waals surface area contributed by atoms with Crippen molar-refractivity contribution in [2.75, 3.05) is 13.1 Å². The van der Waals surface area contributed by atoms with Gasteiger partial charge in [0, 0.05) is 25.9 Å². The maximum Gasteiger partial charge on any atom is 0.258 e. The van der Waals surface area contributed by atoms with Crippen molar-refractivity contribution in [3.8, 4) is 5.75 Å². The highest BCUT2D eigenvalue weighted by molar-refractivity contribution is 5.98. The van der Waals surface area contributed by atoms with Crippen molar-refractivity contribution in [3.05, 3.63) is 29.8 Å². The van der Waals surface area contributed by atoms with Crippen LogP contribution in [0.3, 0.4) is 0 Å². The number of halogens is 2. The highest BCUT2D eigenvalue weighted by Crippen LogP contribution is 2.31. The summed E-state index contributed by atoms with van der Waals surface area (Å²) in [5.74, 6) is 0.678. The van der Waals surface area contributed by atoms with Crippen LogP contribution in [0.4, 0.5) is 0 Å². The van der Waals surface area contributed by atoms with Crippen molar-refractivity contribution in [3.63, 3.8) is 0 Å². The van der Waals surface area contributed by atoms with Crippen LogP contribution in [0, 0.1) is 0 Å². The lowest BCUT2D eigenvalue weighted by atomic mass is 9.98. The molecule has 1 aromatic rings. The van der Waals surface area contributed by atoms with Crippen LogP contribution in [0.1, 0.15) is 23.2 Å². The molecule has 0 saturated carbocycles. The Morgan fingerprint density at radius 2 is 1.78 bits per heavy atom. The lowest BCUT2D eigenvalue weighted by Crippen LogP contribution is -2.60. The molecule has 100 valence electrons. The van der Waals surface area contributed by atoms with Crippen LogP contribution in [0.2, 0.25) is 0 Å². The minimum Gasteiger partial charge on any atom is -0.467 e. The van der Waals surface area contributed by atoms with Gasteiger partial charge in [-0.25, -0.2) is 0 Å². The summed E-state index contributed by atoms with van der Waals surface area (Å²) in [4.78, 5) is 11.9. The van der Waals surface area contributed by atoms with Gasteiger partial charge in [0.05, 0.1) is 5.56 Å². The fourth-order valence-corrected chi connectivity index (χ4v) is 2.31. The normalized spacial score (nSPS) is 19.7. The first-order chi connectivity index (χ1) is 7.79. The number of benzene rings is 1. The molecule has 2 N–H and O–H groups in total. The number of rotatable bonds is 0. The van der Waals surface area contributed by atoms with Crippen LogP contribution in [0.15, 0.2) is 24.3 Å². The van der Waals surface area contributed by atoms with E-state index in [4.69, 9.17) is 4.74 Å². The molecule has 2 heterocycles. The smallest absolute Gasteiger partial charge is 0.258 e. The number of ether oxygens (including phenoxy) is 1. The number of carbonyl (C=O) groups excluding carboxylic acids is 1. The van der Waals surface area contributed by atoms with Crippen molar-refractivity contribution < 1.29 is 9.53 Å². The Kier molecular flexibility index (Phi) is 4.85. The Bertz CT molecular complexity index is 434. The lowest BCUT2D eigenvalue weighted by molar-refractivity contribution is -0.00351. The van der Waals surface area contributed by atoms with Gasteiger partial charge in [0.25, 0.3) is 5.91 Å². The summed E-state index contributed by atoms with van der Waals surface area (Å²) in [6, 6.07) is 7.39. The molecular formula is C12H16Cl2N2O2. The second-order valence-electron chi connectivity index (χ2n) is 4.30. The summed E-state index contributed by atoms with van der Waals surface area (Å²) >= 11 is 0. The monoisotopic (exact) mass is 290 g/mol. The zero-order chi connectivity index (χ0) is 11.0. The van der Waals surface area contributed by atoms with Crippen molar-refractivity contribution in [1.29, 1.82) is 0 Å². The number of piperidine rings is 1. The average Bonchev–Trinajstić information content (AvgIpc) is 2.30. The summed E-state index contributed by atoms with van der Waals surface area (Å²) in [5.41, 5.74) is 0.142. The van der Waals surface area contributed by atoms with Gasteiger partial charge >= 0.3 is 0 Å². The zero-order valence-electron chi connectivity index (χ0n) is 9.77. The quantitative estimate of drug-likeness (QED) is 0.765. The van der Waals surface area contributed by atoms with E-state index in [2.05, 4.69) is 10.6 Å². The predicted molar refractivity (Wildman–Crippen MR) is 73.9 cm³/mol. The fourth-order valence-electron chi connectivity index (χ4n) is 2.31. The Labute approximate surface area is 118 Å². The number of amides is 1. The van der Waals surface area contributed by atoms with Gasteiger partial charge in [0.1, 0.15) is 5.75 Å². The third-order valence-electron chi connectivity index (χ3n) is 3.19. The molecule has 1 fully saturated rings. The van der Waals surface area contributed by atoms with Gasteiger partial charge in [-0.3, -0.25) is 4.79 Å². The van der Waals surface area contributed by atoms with E-state index in [1.54, 1.807) is 6.07 Å². The van der Waals surface area contributed by atoms with E-state index >= 15 is 0 Å². The molecule has 1 amide bonds. The van der Waals surface area contributed by atoms with E-state index in [0.29, 0.717) is 11.3 Å². The lowest BCUT2D eigenvalue weighted by Gasteiger charge is -2.41. The first-order valence-corrected chi connectivity index (χ1v) is 5.60. The molecule has 4 nitrogen and oxygen atoms in total. The largest absolute Gasteiger partial charge is 0.467 e. The molecule has 1 saturated heterocycles. The first-order valence-electron chi connectivity index (χ1n) is 5.60. The molecule has 3 rings (SSSR count).